The fourth-order valence-corrected chi connectivity index (χ4v) is 2.40. The van der Waals surface area contributed by atoms with Gasteiger partial charge in [-0.3, -0.25) is 0 Å². The Morgan fingerprint density at radius 3 is 2.56 bits per heavy atom. The highest BCUT2D eigenvalue weighted by Gasteiger charge is 2.08. The standard InChI is InChI=1S/C13H8BrCl3O/c14-10-5-12(17)13(6-11(10)16)18-9-3-1-2-8(4-9)7-15/h1-6H,7H2. The molecule has 0 aliphatic carbocycles. The second kappa shape index (κ2) is 6.16. The molecule has 0 aromatic heterocycles. The van der Waals surface area contributed by atoms with Crippen LogP contribution in [0, 0.1) is 0 Å². The first-order valence-electron chi connectivity index (χ1n) is 5.07. The summed E-state index contributed by atoms with van der Waals surface area (Å²) in [7, 11) is 0. The molecule has 0 atom stereocenters. The average molecular weight is 366 g/mol. The van der Waals surface area contributed by atoms with Gasteiger partial charge in [0.1, 0.15) is 11.5 Å². The molecule has 0 saturated heterocycles. The molecule has 1 nitrogen and oxygen atoms in total. The van der Waals surface area contributed by atoms with Gasteiger partial charge in [-0.05, 0) is 39.7 Å². The fourth-order valence-electron chi connectivity index (χ4n) is 1.40. The summed E-state index contributed by atoms with van der Waals surface area (Å²) in [5.74, 6) is 1.62. The summed E-state index contributed by atoms with van der Waals surface area (Å²) in [6, 6.07) is 10.9. The van der Waals surface area contributed by atoms with Gasteiger partial charge in [-0.15, -0.1) is 11.6 Å². The predicted octanol–water partition coefficient (Wildman–Crippen LogP) is 6.29. The number of ether oxygens (including phenoxy) is 1. The van der Waals surface area contributed by atoms with Gasteiger partial charge in [0.15, 0.2) is 0 Å². The Bertz CT molecular complexity index is 572. The van der Waals surface area contributed by atoms with Crippen LogP contribution in [0.2, 0.25) is 10.0 Å². The van der Waals surface area contributed by atoms with Crippen LogP contribution < -0.4 is 4.74 Å². The second-order valence-corrected chi connectivity index (χ2v) is 5.52. The third-order valence-electron chi connectivity index (χ3n) is 2.26. The zero-order valence-electron chi connectivity index (χ0n) is 9.09. The quantitative estimate of drug-likeness (QED) is 0.458. The SMILES string of the molecule is ClCc1cccc(Oc2cc(Cl)c(Br)cc2Cl)c1. The molecule has 0 amide bonds. The van der Waals surface area contributed by atoms with Crippen LogP contribution in [0.3, 0.4) is 0 Å². The Hall–Kier alpha value is -0.410. The molecule has 94 valence electrons. The highest BCUT2D eigenvalue weighted by Crippen LogP contribution is 2.36. The van der Waals surface area contributed by atoms with Gasteiger partial charge in [0, 0.05) is 16.4 Å². The van der Waals surface area contributed by atoms with Crippen LogP contribution in [0.1, 0.15) is 5.56 Å². The summed E-state index contributed by atoms with van der Waals surface area (Å²) in [5, 5.41) is 1.03. The minimum atomic E-state index is 0.437. The van der Waals surface area contributed by atoms with Gasteiger partial charge < -0.3 is 4.74 Å². The lowest BCUT2D eigenvalue weighted by molar-refractivity contribution is 0.482. The van der Waals surface area contributed by atoms with Crippen LogP contribution in [0.25, 0.3) is 0 Å². The van der Waals surface area contributed by atoms with Crippen LogP contribution in [0.4, 0.5) is 0 Å². The molecule has 0 heterocycles. The fraction of sp³-hybridized carbons (Fsp3) is 0.0769. The summed E-state index contributed by atoms with van der Waals surface area (Å²) in [5.41, 5.74) is 0.980. The molecule has 0 saturated carbocycles. The number of benzene rings is 2. The third kappa shape index (κ3) is 3.33. The number of hydrogen-bond acceptors (Lipinski definition) is 1. The summed E-state index contributed by atoms with van der Waals surface area (Å²) in [6.07, 6.45) is 0. The van der Waals surface area contributed by atoms with Crippen molar-refractivity contribution in [2.75, 3.05) is 0 Å². The van der Waals surface area contributed by atoms with Crippen molar-refractivity contribution in [2.45, 2.75) is 5.88 Å². The highest BCUT2D eigenvalue weighted by atomic mass is 79.9. The van der Waals surface area contributed by atoms with Crippen LogP contribution in [-0.4, -0.2) is 0 Å². The van der Waals surface area contributed by atoms with E-state index in [2.05, 4.69) is 15.9 Å². The molecule has 5 heteroatoms. The van der Waals surface area contributed by atoms with E-state index in [0.717, 1.165) is 10.0 Å². The van der Waals surface area contributed by atoms with Gasteiger partial charge in [0.05, 0.1) is 10.0 Å². The molecule has 0 bridgehead atoms. The molecule has 18 heavy (non-hydrogen) atoms. The number of hydrogen-bond donors (Lipinski definition) is 0. The first kappa shape index (κ1) is 14.0. The first-order valence-corrected chi connectivity index (χ1v) is 7.16. The molecule has 0 unspecified atom stereocenters. The van der Waals surface area contributed by atoms with Crippen LogP contribution >= 0.6 is 50.7 Å². The monoisotopic (exact) mass is 364 g/mol. The van der Waals surface area contributed by atoms with Crippen molar-refractivity contribution in [2.24, 2.45) is 0 Å². The zero-order valence-corrected chi connectivity index (χ0v) is 12.9. The Labute approximate surface area is 129 Å². The highest BCUT2D eigenvalue weighted by molar-refractivity contribution is 9.10. The normalized spacial score (nSPS) is 10.4. The minimum Gasteiger partial charge on any atom is -0.456 e. The molecule has 0 N–H and O–H groups in total. The summed E-state index contributed by atoms with van der Waals surface area (Å²) in [6.45, 7) is 0. The minimum absolute atomic E-state index is 0.437. The lowest BCUT2D eigenvalue weighted by Crippen LogP contribution is -1.87. The topological polar surface area (TPSA) is 9.23 Å². The van der Waals surface area contributed by atoms with Crippen LogP contribution in [0.5, 0.6) is 11.5 Å². The Kier molecular flexibility index (Phi) is 4.79. The van der Waals surface area contributed by atoms with Gasteiger partial charge >= 0.3 is 0 Å². The van der Waals surface area contributed by atoms with Crippen molar-refractivity contribution in [3.63, 3.8) is 0 Å². The van der Waals surface area contributed by atoms with Gasteiger partial charge in [0.2, 0.25) is 0 Å². The van der Waals surface area contributed by atoms with E-state index in [9.17, 15) is 0 Å². The molecule has 2 aromatic carbocycles. The van der Waals surface area contributed by atoms with Crippen molar-refractivity contribution < 1.29 is 4.74 Å². The molecular weight excluding hydrogens is 358 g/mol. The second-order valence-electron chi connectivity index (χ2n) is 3.58. The van der Waals surface area contributed by atoms with E-state index in [4.69, 9.17) is 39.5 Å². The lowest BCUT2D eigenvalue weighted by atomic mass is 10.2. The van der Waals surface area contributed by atoms with E-state index in [-0.39, 0.29) is 0 Å². The Balaban J connectivity index is 2.30. The summed E-state index contributed by atoms with van der Waals surface area (Å²) >= 11 is 21.2. The molecule has 0 aliphatic rings. The molecule has 0 spiro atoms. The van der Waals surface area contributed by atoms with Crippen molar-refractivity contribution >= 4 is 50.7 Å². The zero-order chi connectivity index (χ0) is 13.1. The maximum atomic E-state index is 6.09. The van der Waals surface area contributed by atoms with Crippen molar-refractivity contribution in [3.8, 4) is 11.5 Å². The molecule has 0 radical (unpaired) electrons. The van der Waals surface area contributed by atoms with E-state index < -0.39 is 0 Å². The van der Waals surface area contributed by atoms with Crippen molar-refractivity contribution in [3.05, 3.63) is 56.5 Å². The first-order chi connectivity index (χ1) is 8.60. The van der Waals surface area contributed by atoms with Crippen molar-refractivity contribution in [1.82, 2.24) is 0 Å². The molecule has 0 aliphatic heterocycles. The Morgan fingerprint density at radius 1 is 1.06 bits per heavy atom. The maximum Gasteiger partial charge on any atom is 0.147 e. The van der Waals surface area contributed by atoms with Crippen molar-refractivity contribution in [1.29, 1.82) is 0 Å². The van der Waals surface area contributed by atoms with Gasteiger partial charge in [-0.25, -0.2) is 0 Å². The number of alkyl halides is 1. The average Bonchev–Trinajstić information content (AvgIpc) is 2.36. The number of halogens is 4. The van der Waals surface area contributed by atoms with Crippen LogP contribution in [-0.2, 0) is 5.88 Å². The van der Waals surface area contributed by atoms with E-state index in [0.29, 0.717) is 27.4 Å². The van der Waals surface area contributed by atoms with E-state index in [1.807, 2.05) is 24.3 Å². The molecule has 2 aromatic rings. The largest absolute Gasteiger partial charge is 0.456 e. The molecular formula is C13H8BrCl3O. The van der Waals surface area contributed by atoms with Gasteiger partial charge in [-0.1, -0.05) is 35.3 Å². The smallest absolute Gasteiger partial charge is 0.147 e. The predicted molar refractivity (Wildman–Crippen MR) is 80.2 cm³/mol. The Morgan fingerprint density at radius 2 is 1.83 bits per heavy atom. The summed E-state index contributed by atoms with van der Waals surface area (Å²) < 4.78 is 6.42. The van der Waals surface area contributed by atoms with Gasteiger partial charge in [0.25, 0.3) is 0 Å². The summed E-state index contributed by atoms with van der Waals surface area (Å²) in [4.78, 5) is 0. The lowest BCUT2D eigenvalue weighted by Gasteiger charge is -2.09. The molecule has 2 rings (SSSR count). The van der Waals surface area contributed by atoms with E-state index >= 15 is 0 Å². The third-order valence-corrected chi connectivity index (χ3v) is 4.06. The van der Waals surface area contributed by atoms with Crippen LogP contribution in [0.15, 0.2) is 40.9 Å². The number of rotatable bonds is 3. The van der Waals surface area contributed by atoms with E-state index in [1.54, 1.807) is 12.1 Å². The van der Waals surface area contributed by atoms with E-state index in [1.165, 1.54) is 0 Å². The van der Waals surface area contributed by atoms with Gasteiger partial charge in [-0.2, -0.15) is 0 Å². The maximum absolute atomic E-state index is 6.09. The molecule has 0 fully saturated rings.